The second kappa shape index (κ2) is 6.62. The number of aliphatic carboxylic acids is 1. The number of amides is 2. The number of fused-ring (bicyclic) bond motifs is 1. The summed E-state index contributed by atoms with van der Waals surface area (Å²) in [6, 6.07) is 6.47. The number of carbonyl (C=O) groups is 3. The van der Waals surface area contributed by atoms with E-state index in [2.05, 4.69) is 5.32 Å². The highest BCUT2D eigenvalue weighted by Crippen LogP contribution is 2.39. The standard InChI is InChI=1S/C14H16N2O4S/c15-12(17)6-5-10(14(19)20)16-13(18)9-7-21-11-4-2-1-3-8(9)11/h1-4,9-10H,5-7H2,(H2,15,17)(H,16,18)(H,19,20)/t9?,10-/m0/s1. The Morgan fingerprint density at radius 1 is 1.38 bits per heavy atom. The van der Waals surface area contributed by atoms with E-state index in [0.29, 0.717) is 5.75 Å². The van der Waals surface area contributed by atoms with Gasteiger partial charge in [0.2, 0.25) is 11.8 Å². The predicted octanol–water partition coefficient (Wildman–Crippen LogP) is 0.711. The van der Waals surface area contributed by atoms with Crippen LogP contribution in [0.5, 0.6) is 0 Å². The number of hydrogen-bond acceptors (Lipinski definition) is 4. The topological polar surface area (TPSA) is 109 Å². The fourth-order valence-corrected chi connectivity index (χ4v) is 3.42. The number of rotatable bonds is 6. The van der Waals surface area contributed by atoms with Crippen molar-refractivity contribution < 1.29 is 19.5 Å². The molecule has 112 valence electrons. The van der Waals surface area contributed by atoms with Gasteiger partial charge in [-0.15, -0.1) is 11.8 Å². The van der Waals surface area contributed by atoms with E-state index in [0.717, 1.165) is 10.5 Å². The van der Waals surface area contributed by atoms with Gasteiger partial charge >= 0.3 is 5.97 Å². The lowest BCUT2D eigenvalue weighted by molar-refractivity contribution is -0.142. The molecule has 2 amide bonds. The fraction of sp³-hybridized carbons (Fsp3) is 0.357. The molecule has 4 N–H and O–H groups in total. The van der Waals surface area contributed by atoms with Gasteiger partial charge in [-0.25, -0.2) is 4.79 Å². The molecule has 0 saturated heterocycles. The first kappa shape index (κ1) is 15.4. The molecule has 0 aromatic heterocycles. The van der Waals surface area contributed by atoms with Crippen molar-refractivity contribution in [3.05, 3.63) is 29.8 Å². The summed E-state index contributed by atoms with van der Waals surface area (Å²) in [7, 11) is 0. The van der Waals surface area contributed by atoms with Gasteiger partial charge in [0.05, 0.1) is 5.92 Å². The normalized spacial score (nSPS) is 17.8. The summed E-state index contributed by atoms with van der Waals surface area (Å²) in [6.45, 7) is 0. The van der Waals surface area contributed by atoms with Crippen LogP contribution >= 0.6 is 11.8 Å². The number of hydrogen-bond donors (Lipinski definition) is 3. The van der Waals surface area contributed by atoms with Gasteiger partial charge in [0.1, 0.15) is 6.04 Å². The van der Waals surface area contributed by atoms with E-state index >= 15 is 0 Å². The molecule has 1 aliphatic heterocycles. The first-order valence-electron chi connectivity index (χ1n) is 6.52. The maximum atomic E-state index is 12.3. The molecule has 0 bridgehead atoms. The molecule has 2 rings (SSSR count). The second-order valence-electron chi connectivity index (χ2n) is 4.81. The van der Waals surface area contributed by atoms with Gasteiger partial charge in [-0.3, -0.25) is 9.59 Å². The molecule has 6 nitrogen and oxygen atoms in total. The van der Waals surface area contributed by atoms with E-state index in [1.54, 1.807) is 11.8 Å². The van der Waals surface area contributed by atoms with Crippen molar-refractivity contribution in [1.82, 2.24) is 5.32 Å². The number of nitrogens with two attached hydrogens (primary N) is 1. The average molecular weight is 308 g/mol. The van der Waals surface area contributed by atoms with Gasteiger partial charge in [0.15, 0.2) is 0 Å². The number of carboxylic acids is 1. The largest absolute Gasteiger partial charge is 0.480 e. The predicted molar refractivity (Wildman–Crippen MR) is 77.9 cm³/mol. The Hall–Kier alpha value is -2.02. The zero-order valence-corrected chi connectivity index (χ0v) is 12.1. The van der Waals surface area contributed by atoms with Crippen LogP contribution in [0.3, 0.4) is 0 Å². The number of nitrogens with one attached hydrogen (secondary N) is 1. The smallest absolute Gasteiger partial charge is 0.326 e. The Morgan fingerprint density at radius 2 is 2.10 bits per heavy atom. The zero-order chi connectivity index (χ0) is 15.4. The average Bonchev–Trinajstić information content (AvgIpc) is 2.86. The number of carbonyl (C=O) groups excluding carboxylic acids is 2. The fourth-order valence-electron chi connectivity index (χ4n) is 2.20. The molecule has 0 aliphatic carbocycles. The van der Waals surface area contributed by atoms with Crippen molar-refractivity contribution in [2.24, 2.45) is 5.73 Å². The molecule has 7 heteroatoms. The van der Waals surface area contributed by atoms with E-state index in [1.807, 2.05) is 24.3 Å². The lowest BCUT2D eigenvalue weighted by atomic mass is 9.99. The van der Waals surface area contributed by atoms with E-state index in [-0.39, 0.29) is 24.7 Å². The molecule has 1 aromatic carbocycles. The van der Waals surface area contributed by atoms with Crippen LogP contribution in [0.25, 0.3) is 0 Å². The number of carboxylic acid groups (broad SMARTS) is 1. The molecular weight excluding hydrogens is 292 g/mol. The third-order valence-corrected chi connectivity index (χ3v) is 4.49. The summed E-state index contributed by atoms with van der Waals surface area (Å²) in [6.07, 6.45) is -0.0782. The van der Waals surface area contributed by atoms with Crippen LogP contribution in [0.15, 0.2) is 29.2 Å². The summed E-state index contributed by atoms with van der Waals surface area (Å²) in [4.78, 5) is 35.2. The van der Waals surface area contributed by atoms with Crippen LogP contribution in [0.2, 0.25) is 0 Å². The van der Waals surface area contributed by atoms with Gasteiger partial charge < -0.3 is 16.2 Å². The Kier molecular flexibility index (Phi) is 4.85. The minimum atomic E-state index is -1.16. The van der Waals surface area contributed by atoms with Crippen molar-refractivity contribution in [3.63, 3.8) is 0 Å². The Balaban J connectivity index is 2.03. The molecule has 0 spiro atoms. The monoisotopic (exact) mass is 308 g/mol. The Labute approximate surface area is 126 Å². The summed E-state index contributed by atoms with van der Waals surface area (Å²) in [5.41, 5.74) is 5.92. The summed E-state index contributed by atoms with van der Waals surface area (Å²) in [5, 5.41) is 11.6. The van der Waals surface area contributed by atoms with Crippen LogP contribution in [0.4, 0.5) is 0 Å². The van der Waals surface area contributed by atoms with Crippen LogP contribution in [-0.4, -0.2) is 34.7 Å². The van der Waals surface area contributed by atoms with Crippen LogP contribution in [-0.2, 0) is 14.4 Å². The van der Waals surface area contributed by atoms with E-state index < -0.39 is 17.9 Å². The number of thioether (sulfide) groups is 1. The molecule has 1 aromatic rings. The summed E-state index contributed by atoms with van der Waals surface area (Å²) in [5.74, 6) is -1.85. The Bertz CT molecular complexity index is 576. The Morgan fingerprint density at radius 3 is 2.76 bits per heavy atom. The van der Waals surface area contributed by atoms with Crippen molar-refractivity contribution in [2.45, 2.75) is 29.7 Å². The lowest BCUT2D eigenvalue weighted by Gasteiger charge is -2.17. The van der Waals surface area contributed by atoms with Crippen molar-refractivity contribution in [2.75, 3.05) is 5.75 Å². The molecule has 1 aliphatic rings. The van der Waals surface area contributed by atoms with Crippen molar-refractivity contribution in [3.8, 4) is 0 Å². The number of primary amides is 1. The third kappa shape index (κ3) is 3.75. The minimum Gasteiger partial charge on any atom is -0.480 e. The van der Waals surface area contributed by atoms with Crippen molar-refractivity contribution >= 4 is 29.5 Å². The maximum Gasteiger partial charge on any atom is 0.326 e. The molecule has 1 heterocycles. The van der Waals surface area contributed by atoms with Gasteiger partial charge in [-0.2, -0.15) is 0 Å². The SMILES string of the molecule is NC(=O)CC[C@H](NC(=O)C1CSc2ccccc21)C(=O)O. The molecule has 2 atom stereocenters. The summed E-state index contributed by atoms with van der Waals surface area (Å²) < 4.78 is 0. The van der Waals surface area contributed by atoms with Gasteiger partial charge in [-0.1, -0.05) is 18.2 Å². The van der Waals surface area contributed by atoms with Gasteiger partial charge in [0, 0.05) is 17.1 Å². The van der Waals surface area contributed by atoms with Crippen molar-refractivity contribution in [1.29, 1.82) is 0 Å². The summed E-state index contributed by atoms with van der Waals surface area (Å²) >= 11 is 1.58. The van der Waals surface area contributed by atoms with Gasteiger partial charge in [0.25, 0.3) is 0 Å². The second-order valence-corrected chi connectivity index (χ2v) is 5.87. The van der Waals surface area contributed by atoms with Gasteiger partial charge in [-0.05, 0) is 18.1 Å². The highest BCUT2D eigenvalue weighted by molar-refractivity contribution is 7.99. The van der Waals surface area contributed by atoms with Crippen LogP contribution in [0.1, 0.15) is 24.3 Å². The van der Waals surface area contributed by atoms with E-state index in [1.165, 1.54) is 0 Å². The van der Waals surface area contributed by atoms with Crippen LogP contribution in [0, 0.1) is 0 Å². The third-order valence-electron chi connectivity index (χ3n) is 3.31. The number of benzene rings is 1. The van der Waals surface area contributed by atoms with E-state index in [9.17, 15) is 14.4 Å². The van der Waals surface area contributed by atoms with Crippen LogP contribution < -0.4 is 11.1 Å². The molecule has 0 fully saturated rings. The highest BCUT2D eigenvalue weighted by atomic mass is 32.2. The molecule has 0 saturated carbocycles. The molecule has 21 heavy (non-hydrogen) atoms. The molecule has 0 radical (unpaired) electrons. The molecule has 1 unspecified atom stereocenters. The lowest BCUT2D eigenvalue weighted by Crippen LogP contribution is -2.43. The quantitative estimate of drug-likeness (QED) is 0.717. The van der Waals surface area contributed by atoms with E-state index in [4.69, 9.17) is 10.8 Å². The first-order valence-corrected chi connectivity index (χ1v) is 7.51. The highest BCUT2D eigenvalue weighted by Gasteiger charge is 2.31. The minimum absolute atomic E-state index is 0.00207. The molecular formula is C14H16N2O4S. The first-order chi connectivity index (χ1) is 9.99. The maximum absolute atomic E-state index is 12.3. The zero-order valence-electron chi connectivity index (χ0n) is 11.2.